The van der Waals surface area contributed by atoms with Crippen molar-refractivity contribution in [3.8, 4) is 17.2 Å². The van der Waals surface area contributed by atoms with Crippen LogP contribution in [0.15, 0.2) is 69.9 Å². The summed E-state index contributed by atoms with van der Waals surface area (Å²) in [6, 6.07) is 16.7. The topological polar surface area (TPSA) is 78.2 Å². The van der Waals surface area contributed by atoms with E-state index in [0.717, 1.165) is 12.8 Å². The van der Waals surface area contributed by atoms with E-state index in [9.17, 15) is 9.59 Å². The molecule has 8 heteroatoms. The third-order valence-electron chi connectivity index (χ3n) is 6.50. The minimum atomic E-state index is -0.770. The molecule has 38 heavy (non-hydrogen) atoms. The summed E-state index contributed by atoms with van der Waals surface area (Å²) in [5, 5.41) is 0.716. The van der Waals surface area contributed by atoms with Crippen LogP contribution in [0, 0.1) is 0 Å². The van der Waals surface area contributed by atoms with Crippen LogP contribution in [0.1, 0.15) is 54.4 Å². The maximum Gasteiger partial charge on any atom is 0.295 e. The number of unbranched alkanes of at least 4 members (excludes halogenated alkanes) is 1. The molecule has 0 radical (unpaired) electrons. The molecule has 1 unspecified atom stereocenters. The highest BCUT2D eigenvalue weighted by Gasteiger charge is 2.44. The largest absolute Gasteiger partial charge is 0.497 e. The van der Waals surface area contributed by atoms with Crippen LogP contribution < -0.4 is 24.5 Å². The van der Waals surface area contributed by atoms with Gasteiger partial charge in [-0.1, -0.05) is 37.1 Å². The summed E-state index contributed by atoms with van der Waals surface area (Å²) in [5.41, 5.74) is 1.48. The number of nitrogens with zero attached hydrogens (tertiary/aromatic N) is 1. The van der Waals surface area contributed by atoms with Gasteiger partial charge in [0.2, 0.25) is 5.76 Å². The Kier molecular flexibility index (Phi) is 7.29. The minimum Gasteiger partial charge on any atom is -0.497 e. The fraction of sp³-hybridized carbons (Fsp3) is 0.267. The first-order valence-corrected chi connectivity index (χ1v) is 13.0. The number of methoxy groups -OCH3 is 1. The van der Waals surface area contributed by atoms with Crippen molar-refractivity contribution in [3.63, 3.8) is 0 Å². The summed E-state index contributed by atoms with van der Waals surface area (Å²) < 4.78 is 23.3. The Bertz CT molecular complexity index is 1560. The van der Waals surface area contributed by atoms with E-state index in [1.54, 1.807) is 54.5 Å². The zero-order valence-corrected chi connectivity index (χ0v) is 22.2. The molecule has 3 aromatic carbocycles. The van der Waals surface area contributed by atoms with Gasteiger partial charge in [-0.15, -0.1) is 0 Å². The number of carbonyl (C=O) groups excluding carboxylic acids is 1. The molecule has 0 fully saturated rings. The summed E-state index contributed by atoms with van der Waals surface area (Å²) in [6.07, 6.45) is 1.92. The first-order valence-electron chi connectivity index (χ1n) is 12.6. The van der Waals surface area contributed by atoms with Crippen molar-refractivity contribution in [1.29, 1.82) is 0 Å². The number of hydrogen-bond donors (Lipinski definition) is 0. The van der Waals surface area contributed by atoms with Crippen molar-refractivity contribution in [2.75, 3.05) is 25.2 Å². The van der Waals surface area contributed by atoms with Crippen molar-refractivity contribution in [3.05, 3.63) is 92.8 Å². The molecular weight excluding hydrogens is 506 g/mol. The zero-order valence-electron chi connectivity index (χ0n) is 21.5. The van der Waals surface area contributed by atoms with Gasteiger partial charge in [-0.2, -0.15) is 0 Å². The summed E-state index contributed by atoms with van der Waals surface area (Å²) in [6.45, 7) is 4.98. The standard InChI is InChI=1S/C30H28ClNO6/c1-4-6-14-37-24-12-10-18(15-25(24)36-5-2)27-26-28(33)22-16-19(31)11-13-23(22)38-29(26)30(34)32(27)20-8-7-9-21(17-20)35-3/h7-13,15-17,27H,4-6,14H2,1-3H3. The monoisotopic (exact) mass is 533 g/mol. The van der Waals surface area contributed by atoms with Crippen LogP contribution in [0.3, 0.4) is 0 Å². The second kappa shape index (κ2) is 10.8. The predicted molar refractivity (Wildman–Crippen MR) is 147 cm³/mol. The number of halogens is 1. The summed E-state index contributed by atoms with van der Waals surface area (Å²) in [4.78, 5) is 29.3. The lowest BCUT2D eigenvalue weighted by molar-refractivity contribution is 0.0971. The highest BCUT2D eigenvalue weighted by molar-refractivity contribution is 6.31. The maximum atomic E-state index is 13.9. The predicted octanol–water partition coefficient (Wildman–Crippen LogP) is 6.78. The van der Waals surface area contributed by atoms with Gasteiger partial charge in [0.05, 0.1) is 37.3 Å². The first kappa shape index (κ1) is 25.7. The molecule has 0 N–H and O–H groups in total. The molecule has 5 rings (SSSR count). The Hall–Kier alpha value is -3.97. The Labute approximate surface area is 225 Å². The van der Waals surface area contributed by atoms with Gasteiger partial charge in [0.1, 0.15) is 11.3 Å². The molecule has 1 atom stereocenters. The quantitative estimate of drug-likeness (QED) is 0.221. The molecule has 0 saturated carbocycles. The lowest BCUT2D eigenvalue weighted by Crippen LogP contribution is -2.29. The van der Waals surface area contributed by atoms with Gasteiger partial charge in [0.15, 0.2) is 16.9 Å². The second-order valence-electron chi connectivity index (χ2n) is 8.93. The van der Waals surface area contributed by atoms with Crippen LogP contribution >= 0.6 is 11.6 Å². The molecule has 0 saturated heterocycles. The van der Waals surface area contributed by atoms with Crippen LogP contribution in [-0.2, 0) is 0 Å². The number of ether oxygens (including phenoxy) is 3. The van der Waals surface area contributed by atoms with E-state index in [1.165, 1.54) is 0 Å². The van der Waals surface area contributed by atoms with E-state index in [1.807, 2.05) is 25.1 Å². The van der Waals surface area contributed by atoms with E-state index in [0.29, 0.717) is 57.7 Å². The normalized spacial score (nSPS) is 14.6. The molecule has 2 heterocycles. The van der Waals surface area contributed by atoms with Crippen LogP contribution in [0.5, 0.6) is 17.2 Å². The molecule has 1 aliphatic heterocycles. The molecule has 1 amide bonds. The van der Waals surface area contributed by atoms with Gasteiger partial charge in [-0.05, 0) is 61.4 Å². The minimum absolute atomic E-state index is 0.00104. The Balaban J connectivity index is 1.72. The fourth-order valence-corrected chi connectivity index (χ4v) is 4.87. The van der Waals surface area contributed by atoms with Crippen LogP contribution in [0.25, 0.3) is 11.0 Å². The second-order valence-corrected chi connectivity index (χ2v) is 9.37. The summed E-state index contributed by atoms with van der Waals surface area (Å²) in [5.74, 6) is 1.31. The van der Waals surface area contributed by atoms with Crippen molar-refractivity contribution >= 4 is 34.2 Å². The molecule has 0 spiro atoms. The van der Waals surface area contributed by atoms with E-state index in [-0.39, 0.29) is 16.8 Å². The molecule has 0 aliphatic carbocycles. The van der Waals surface area contributed by atoms with Crippen LogP contribution in [0.2, 0.25) is 5.02 Å². The highest BCUT2D eigenvalue weighted by atomic mass is 35.5. The van der Waals surface area contributed by atoms with Crippen molar-refractivity contribution in [1.82, 2.24) is 0 Å². The molecule has 4 aromatic rings. The van der Waals surface area contributed by atoms with E-state index in [4.69, 9.17) is 30.2 Å². The number of anilines is 1. The third kappa shape index (κ3) is 4.58. The number of benzene rings is 3. The van der Waals surface area contributed by atoms with Crippen molar-refractivity contribution in [2.45, 2.75) is 32.7 Å². The smallest absolute Gasteiger partial charge is 0.295 e. The third-order valence-corrected chi connectivity index (χ3v) is 6.74. The van der Waals surface area contributed by atoms with Crippen LogP contribution in [0.4, 0.5) is 5.69 Å². The maximum absolute atomic E-state index is 13.9. The highest BCUT2D eigenvalue weighted by Crippen LogP contribution is 2.44. The summed E-state index contributed by atoms with van der Waals surface area (Å²) >= 11 is 6.20. The van der Waals surface area contributed by atoms with E-state index < -0.39 is 11.9 Å². The zero-order chi connectivity index (χ0) is 26.8. The lowest BCUT2D eigenvalue weighted by atomic mass is 9.97. The average Bonchev–Trinajstić information content (AvgIpc) is 3.22. The van der Waals surface area contributed by atoms with Gasteiger partial charge in [0.25, 0.3) is 5.91 Å². The first-order chi connectivity index (χ1) is 18.5. The Morgan fingerprint density at radius 2 is 1.82 bits per heavy atom. The number of hydrogen-bond acceptors (Lipinski definition) is 6. The SMILES string of the molecule is CCCCOc1ccc(C2c3c(oc4ccc(Cl)cc4c3=O)C(=O)N2c2cccc(OC)c2)cc1OCC. The molecule has 1 aromatic heterocycles. The van der Waals surface area contributed by atoms with Gasteiger partial charge < -0.3 is 18.6 Å². The van der Waals surface area contributed by atoms with Gasteiger partial charge in [0, 0.05) is 16.8 Å². The van der Waals surface area contributed by atoms with Gasteiger partial charge >= 0.3 is 0 Å². The molecular formula is C30H28ClNO6. The van der Waals surface area contributed by atoms with E-state index >= 15 is 0 Å². The Morgan fingerprint density at radius 3 is 2.58 bits per heavy atom. The number of carbonyl (C=O) groups is 1. The van der Waals surface area contributed by atoms with Gasteiger partial charge in [-0.25, -0.2) is 0 Å². The van der Waals surface area contributed by atoms with Crippen LogP contribution in [-0.4, -0.2) is 26.2 Å². The lowest BCUT2D eigenvalue weighted by Gasteiger charge is -2.26. The number of amides is 1. The molecule has 196 valence electrons. The number of rotatable bonds is 9. The van der Waals surface area contributed by atoms with E-state index in [2.05, 4.69) is 6.92 Å². The fourth-order valence-electron chi connectivity index (χ4n) is 4.70. The van der Waals surface area contributed by atoms with Crippen molar-refractivity contribution in [2.24, 2.45) is 0 Å². The van der Waals surface area contributed by atoms with Crippen molar-refractivity contribution < 1.29 is 23.4 Å². The molecule has 0 bridgehead atoms. The summed E-state index contributed by atoms with van der Waals surface area (Å²) in [7, 11) is 1.56. The average molecular weight is 534 g/mol. The molecule has 7 nitrogen and oxygen atoms in total. The molecule has 1 aliphatic rings. The Morgan fingerprint density at radius 1 is 0.974 bits per heavy atom. The van der Waals surface area contributed by atoms with Gasteiger partial charge in [-0.3, -0.25) is 14.5 Å². The number of fused-ring (bicyclic) bond motifs is 2.